The SMILES string of the molecule is COc1ccc(-c2nnc(SC(C)c3ccc(F)cc3)n2C)cc1. The number of ether oxygens (including phenoxy) is 1. The van der Waals surface area contributed by atoms with Gasteiger partial charge in [0.15, 0.2) is 11.0 Å². The highest BCUT2D eigenvalue weighted by atomic mass is 32.2. The van der Waals surface area contributed by atoms with Crippen LogP contribution in [0.15, 0.2) is 53.7 Å². The van der Waals surface area contributed by atoms with E-state index in [1.54, 1.807) is 31.0 Å². The van der Waals surface area contributed by atoms with Crippen molar-refractivity contribution in [1.82, 2.24) is 14.8 Å². The summed E-state index contributed by atoms with van der Waals surface area (Å²) in [6, 6.07) is 14.3. The maximum absolute atomic E-state index is 13.0. The molecule has 0 spiro atoms. The van der Waals surface area contributed by atoms with Crippen LogP contribution in [0.5, 0.6) is 5.75 Å². The summed E-state index contributed by atoms with van der Waals surface area (Å²) in [4.78, 5) is 0. The summed E-state index contributed by atoms with van der Waals surface area (Å²) in [6.07, 6.45) is 0. The standard InChI is InChI=1S/C18H18FN3OS/c1-12(13-4-8-15(19)9-5-13)24-18-21-20-17(22(18)2)14-6-10-16(23-3)11-7-14/h4-12H,1-3H3. The van der Waals surface area contributed by atoms with Crippen LogP contribution in [0.2, 0.25) is 0 Å². The van der Waals surface area contributed by atoms with Gasteiger partial charge in [0.25, 0.3) is 0 Å². The molecule has 1 heterocycles. The maximum atomic E-state index is 13.0. The van der Waals surface area contributed by atoms with E-state index in [4.69, 9.17) is 4.74 Å². The molecule has 4 nitrogen and oxygen atoms in total. The number of benzene rings is 2. The molecule has 0 fully saturated rings. The smallest absolute Gasteiger partial charge is 0.191 e. The number of aromatic nitrogens is 3. The summed E-state index contributed by atoms with van der Waals surface area (Å²) in [5.41, 5.74) is 2.03. The van der Waals surface area contributed by atoms with E-state index in [2.05, 4.69) is 17.1 Å². The van der Waals surface area contributed by atoms with E-state index in [0.717, 1.165) is 27.9 Å². The van der Waals surface area contributed by atoms with Crippen molar-refractivity contribution in [3.63, 3.8) is 0 Å². The minimum Gasteiger partial charge on any atom is -0.497 e. The van der Waals surface area contributed by atoms with Crippen LogP contribution in [0.3, 0.4) is 0 Å². The van der Waals surface area contributed by atoms with Gasteiger partial charge in [0, 0.05) is 17.9 Å². The molecule has 3 rings (SSSR count). The van der Waals surface area contributed by atoms with Crippen LogP contribution in [0.4, 0.5) is 4.39 Å². The lowest BCUT2D eigenvalue weighted by Crippen LogP contribution is -1.97. The van der Waals surface area contributed by atoms with E-state index in [9.17, 15) is 4.39 Å². The molecule has 0 aliphatic carbocycles. The van der Waals surface area contributed by atoms with E-state index in [0.29, 0.717) is 0 Å². The number of methoxy groups -OCH3 is 1. The summed E-state index contributed by atoms with van der Waals surface area (Å²) >= 11 is 1.59. The van der Waals surface area contributed by atoms with Gasteiger partial charge in [0.05, 0.1) is 7.11 Å². The Morgan fingerprint density at radius 2 is 1.71 bits per heavy atom. The normalized spacial score (nSPS) is 12.2. The van der Waals surface area contributed by atoms with E-state index in [-0.39, 0.29) is 11.1 Å². The van der Waals surface area contributed by atoms with Crippen molar-refractivity contribution in [2.24, 2.45) is 7.05 Å². The van der Waals surface area contributed by atoms with Crippen molar-refractivity contribution < 1.29 is 9.13 Å². The molecular weight excluding hydrogens is 325 g/mol. The number of hydrogen-bond donors (Lipinski definition) is 0. The first-order valence-electron chi connectivity index (χ1n) is 7.54. The van der Waals surface area contributed by atoms with Gasteiger partial charge in [0.2, 0.25) is 0 Å². The van der Waals surface area contributed by atoms with E-state index < -0.39 is 0 Å². The fourth-order valence-electron chi connectivity index (χ4n) is 2.37. The second kappa shape index (κ2) is 7.05. The highest BCUT2D eigenvalue weighted by Gasteiger charge is 2.15. The summed E-state index contributed by atoms with van der Waals surface area (Å²) in [7, 11) is 3.59. The van der Waals surface area contributed by atoms with Crippen molar-refractivity contribution >= 4 is 11.8 Å². The molecule has 0 aliphatic rings. The Morgan fingerprint density at radius 3 is 2.33 bits per heavy atom. The summed E-state index contributed by atoms with van der Waals surface area (Å²) in [5.74, 6) is 1.38. The molecule has 24 heavy (non-hydrogen) atoms. The van der Waals surface area contributed by atoms with Gasteiger partial charge in [0.1, 0.15) is 11.6 Å². The largest absolute Gasteiger partial charge is 0.497 e. The monoisotopic (exact) mass is 343 g/mol. The average Bonchev–Trinajstić information content (AvgIpc) is 2.96. The maximum Gasteiger partial charge on any atom is 0.191 e. The molecule has 1 aromatic heterocycles. The minimum absolute atomic E-state index is 0.150. The molecule has 0 radical (unpaired) electrons. The minimum atomic E-state index is -0.226. The topological polar surface area (TPSA) is 39.9 Å². The van der Waals surface area contributed by atoms with Crippen molar-refractivity contribution in [2.75, 3.05) is 7.11 Å². The van der Waals surface area contributed by atoms with E-state index in [1.807, 2.05) is 35.9 Å². The number of nitrogens with zero attached hydrogens (tertiary/aromatic N) is 3. The molecule has 0 bridgehead atoms. The van der Waals surface area contributed by atoms with Crippen molar-refractivity contribution in [3.05, 3.63) is 59.9 Å². The van der Waals surface area contributed by atoms with Crippen LogP contribution >= 0.6 is 11.8 Å². The molecule has 0 N–H and O–H groups in total. The van der Waals surface area contributed by atoms with Crippen LogP contribution in [0, 0.1) is 5.82 Å². The van der Waals surface area contributed by atoms with Gasteiger partial charge in [-0.25, -0.2) is 4.39 Å². The lowest BCUT2D eigenvalue weighted by Gasteiger charge is -2.11. The second-order valence-electron chi connectivity index (χ2n) is 5.41. The molecule has 3 aromatic rings. The molecule has 0 amide bonds. The fraction of sp³-hybridized carbons (Fsp3) is 0.222. The van der Waals surface area contributed by atoms with Crippen LogP contribution in [0.25, 0.3) is 11.4 Å². The third-order valence-corrected chi connectivity index (χ3v) is 5.00. The molecule has 1 atom stereocenters. The third kappa shape index (κ3) is 3.43. The van der Waals surface area contributed by atoms with Gasteiger partial charge in [-0.1, -0.05) is 23.9 Å². The predicted molar refractivity (Wildman–Crippen MR) is 93.7 cm³/mol. The Labute approximate surface area is 144 Å². The Bertz CT molecular complexity index is 815. The van der Waals surface area contributed by atoms with Crippen molar-refractivity contribution in [1.29, 1.82) is 0 Å². The quantitative estimate of drug-likeness (QED) is 0.640. The Morgan fingerprint density at radius 1 is 1.04 bits per heavy atom. The Hall–Kier alpha value is -2.34. The van der Waals surface area contributed by atoms with E-state index >= 15 is 0 Å². The number of hydrogen-bond acceptors (Lipinski definition) is 4. The third-order valence-electron chi connectivity index (χ3n) is 3.80. The molecule has 0 saturated heterocycles. The second-order valence-corrected chi connectivity index (χ2v) is 6.71. The molecule has 6 heteroatoms. The van der Waals surface area contributed by atoms with Gasteiger partial charge >= 0.3 is 0 Å². The van der Waals surface area contributed by atoms with Crippen LogP contribution in [-0.4, -0.2) is 21.9 Å². The molecule has 0 aliphatic heterocycles. The van der Waals surface area contributed by atoms with Gasteiger partial charge in [-0.3, -0.25) is 0 Å². The number of rotatable bonds is 5. The molecule has 2 aromatic carbocycles. The highest BCUT2D eigenvalue weighted by molar-refractivity contribution is 7.99. The summed E-state index contributed by atoms with van der Waals surface area (Å²) in [5, 5.41) is 9.55. The summed E-state index contributed by atoms with van der Waals surface area (Å²) < 4.78 is 20.2. The zero-order valence-corrected chi connectivity index (χ0v) is 14.5. The lowest BCUT2D eigenvalue weighted by atomic mass is 10.2. The van der Waals surface area contributed by atoms with Crippen LogP contribution in [-0.2, 0) is 7.05 Å². The zero-order valence-electron chi connectivity index (χ0n) is 13.7. The van der Waals surface area contributed by atoms with Gasteiger partial charge in [-0.05, 0) is 48.9 Å². The lowest BCUT2D eigenvalue weighted by molar-refractivity contribution is 0.415. The average molecular weight is 343 g/mol. The zero-order chi connectivity index (χ0) is 17.1. The first kappa shape index (κ1) is 16.5. The van der Waals surface area contributed by atoms with Crippen molar-refractivity contribution in [2.45, 2.75) is 17.3 Å². The van der Waals surface area contributed by atoms with Gasteiger partial charge in [-0.15, -0.1) is 10.2 Å². The highest BCUT2D eigenvalue weighted by Crippen LogP contribution is 2.35. The fourth-order valence-corrected chi connectivity index (χ4v) is 3.31. The predicted octanol–water partition coefficient (Wildman–Crippen LogP) is 4.48. The number of halogens is 1. The Balaban J connectivity index is 1.80. The first-order chi connectivity index (χ1) is 11.6. The van der Waals surface area contributed by atoms with Crippen LogP contribution in [0.1, 0.15) is 17.7 Å². The molecule has 124 valence electrons. The number of thioether (sulfide) groups is 1. The van der Waals surface area contributed by atoms with Crippen LogP contribution < -0.4 is 4.74 Å². The molecule has 0 saturated carbocycles. The first-order valence-corrected chi connectivity index (χ1v) is 8.42. The van der Waals surface area contributed by atoms with Gasteiger partial charge in [-0.2, -0.15) is 0 Å². The van der Waals surface area contributed by atoms with Gasteiger partial charge < -0.3 is 9.30 Å². The molecular formula is C18H18FN3OS. The summed E-state index contributed by atoms with van der Waals surface area (Å²) in [6.45, 7) is 2.07. The van der Waals surface area contributed by atoms with Crippen molar-refractivity contribution in [3.8, 4) is 17.1 Å². The Kier molecular flexibility index (Phi) is 4.85. The van der Waals surface area contributed by atoms with E-state index in [1.165, 1.54) is 12.1 Å². The molecule has 1 unspecified atom stereocenters.